The van der Waals surface area contributed by atoms with Crippen molar-refractivity contribution in [3.63, 3.8) is 0 Å². The number of nitriles is 1. The Morgan fingerprint density at radius 1 is 0.905 bits per heavy atom. The fourth-order valence-electron chi connectivity index (χ4n) is 1.57. The molecule has 8 heteroatoms. The van der Waals surface area contributed by atoms with Gasteiger partial charge in [0.25, 0.3) is 0 Å². The molecule has 0 radical (unpaired) electrons. The molecular weight excluding hydrogens is 359 g/mol. The average molecular weight is 363 g/mol. The maximum absolute atomic E-state index is 13.5. The summed E-state index contributed by atoms with van der Waals surface area (Å²) in [5.74, 6) is -10.4. The highest BCUT2D eigenvalue weighted by Crippen LogP contribution is 2.31. The number of halogens is 6. The van der Waals surface area contributed by atoms with E-state index in [1.54, 1.807) is 6.07 Å². The molecule has 0 saturated heterocycles. The van der Waals surface area contributed by atoms with E-state index in [9.17, 15) is 22.0 Å². The quantitative estimate of drug-likeness (QED) is 0.475. The lowest BCUT2D eigenvalue weighted by Crippen LogP contribution is -2.07. The van der Waals surface area contributed by atoms with E-state index in [0.717, 1.165) is 0 Å². The summed E-state index contributed by atoms with van der Waals surface area (Å²) in [5.41, 5.74) is -1.35. The molecule has 0 aliphatic heterocycles. The minimum absolute atomic E-state index is 0.0258. The fraction of sp³-hybridized carbons (Fsp3) is 0. The van der Waals surface area contributed by atoms with Crippen molar-refractivity contribution in [3.8, 4) is 6.07 Å². The molecule has 2 aromatic carbocycles. The molecule has 0 atom stereocenters. The monoisotopic (exact) mass is 362 g/mol. The second-order valence-corrected chi connectivity index (χ2v) is 4.79. The lowest BCUT2D eigenvalue weighted by molar-refractivity contribution is 0.382. The normalized spacial score (nSPS) is 10.3. The van der Waals surface area contributed by atoms with Gasteiger partial charge in [0.1, 0.15) is 11.8 Å². The van der Waals surface area contributed by atoms with Crippen LogP contribution in [-0.2, 0) is 0 Å². The molecule has 108 valence electrons. The summed E-state index contributed by atoms with van der Waals surface area (Å²) in [5, 5.41) is 10.9. The fourth-order valence-corrected chi connectivity index (χ4v) is 1.93. The molecule has 2 aromatic rings. The number of nitrogens with zero attached hydrogens (tertiary/aromatic N) is 1. The zero-order valence-electron chi connectivity index (χ0n) is 9.95. The van der Waals surface area contributed by atoms with Crippen LogP contribution >= 0.6 is 15.9 Å². The van der Waals surface area contributed by atoms with E-state index < -0.39 is 34.8 Å². The SMILES string of the molecule is N#Cc1ccc(Br)cc1Nc1c(F)c(F)c(F)c(F)c1F. The van der Waals surface area contributed by atoms with Gasteiger partial charge in [0.15, 0.2) is 23.3 Å². The third-order valence-electron chi connectivity index (χ3n) is 2.57. The summed E-state index contributed by atoms with van der Waals surface area (Å²) in [7, 11) is 0. The van der Waals surface area contributed by atoms with Crippen molar-refractivity contribution in [1.29, 1.82) is 5.26 Å². The Kier molecular flexibility index (Phi) is 4.14. The van der Waals surface area contributed by atoms with Crippen LogP contribution in [0.3, 0.4) is 0 Å². The number of benzene rings is 2. The Bertz CT molecular complexity index is 741. The predicted octanol–water partition coefficient (Wildman–Crippen LogP) is 4.76. The summed E-state index contributed by atoms with van der Waals surface area (Å²) in [4.78, 5) is 0. The van der Waals surface area contributed by atoms with Gasteiger partial charge in [-0.25, -0.2) is 22.0 Å². The Labute approximate surface area is 123 Å². The molecule has 0 fully saturated rings. The minimum atomic E-state index is -2.25. The standard InChI is InChI=1S/C13H4BrF5N2/c14-6-2-1-5(4-20)7(3-6)21-13-11(18)9(16)8(15)10(17)12(13)19/h1-3,21H. The molecule has 21 heavy (non-hydrogen) atoms. The first kappa shape index (κ1) is 15.3. The maximum Gasteiger partial charge on any atom is 0.200 e. The van der Waals surface area contributed by atoms with Gasteiger partial charge in [-0.1, -0.05) is 15.9 Å². The van der Waals surface area contributed by atoms with Crippen molar-refractivity contribution in [3.05, 3.63) is 57.3 Å². The first-order valence-corrected chi connectivity index (χ1v) is 6.14. The molecule has 2 rings (SSSR count). The van der Waals surface area contributed by atoms with E-state index in [-0.39, 0.29) is 11.3 Å². The van der Waals surface area contributed by atoms with Gasteiger partial charge in [0.05, 0.1) is 11.3 Å². The smallest absolute Gasteiger partial charge is 0.200 e. The largest absolute Gasteiger partial charge is 0.349 e. The lowest BCUT2D eigenvalue weighted by Gasteiger charge is -2.12. The van der Waals surface area contributed by atoms with Crippen LogP contribution < -0.4 is 5.32 Å². The molecule has 0 saturated carbocycles. The van der Waals surface area contributed by atoms with Gasteiger partial charge in [-0.3, -0.25) is 0 Å². The highest BCUT2D eigenvalue weighted by molar-refractivity contribution is 9.10. The maximum atomic E-state index is 13.5. The van der Waals surface area contributed by atoms with Crippen molar-refractivity contribution in [2.24, 2.45) is 0 Å². The Hall–Kier alpha value is -2.14. The Morgan fingerprint density at radius 2 is 1.43 bits per heavy atom. The lowest BCUT2D eigenvalue weighted by atomic mass is 10.1. The van der Waals surface area contributed by atoms with Crippen LogP contribution in [-0.4, -0.2) is 0 Å². The van der Waals surface area contributed by atoms with E-state index >= 15 is 0 Å². The summed E-state index contributed by atoms with van der Waals surface area (Å²) in [6.07, 6.45) is 0. The molecule has 2 nitrogen and oxygen atoms in total. The van der Waals surface area contributed by atoms with Crippen LogP contribution in [0.2, 0.25) is 0 Å². The van der Waals surface area contributed by atoms with Crippen LogP contribution in [0.25, 0.3) is 0 Å². The third-order valence-corrected chi connectivity index (χ3v) is 3.06. The molecule has 0 unspecified atom stereocenters. The number of rotatable bonds is 2. The number of hydrogen-bond acceptors (Lipinski definition) is 2. The molecule has 0 aliphatic rings. The zero-order valence-corrected chi connectivity index (χ0v) is 11.5. The van der Waals surface area contributed by atoms with Crippen molar-refractivity contribution in [2.45, 2.75) is 0 Å². The average Bonchev–Trinajstić information content (AvgIpc) is 2.48. The molecule has 1 N–H and O–H groups in total. The third kappa shape index (κ3) is 2.69. The molecule has 0 spiro atoms. The highest BCUT2D eigenvalue weighted by Gasteiger charge is 2.26. The second-order valence-electron chi connectivity index (χ2n) is 3.87. The van der Waals surface area contributed by atoms with Crippen LogP contribution in [0.4, 0.5) is 33.3 Å². The van der Waals surface area contributed by atoms with Crippen LogP contribution in [0.5, 0.6) is 0 Å². The van der Waals surface area contributed by atoms with E-state index in [1.807, 2.05) is 0 Å². The number of hydrogen-bond donors (Lipinski definition) is 1. The number of nitrogens with one attached hydrogen (secondary N) is 1. The summed E-state index contributed by atoms with van der Waals surface area (Å²) in [6.45, 7) is 0. The van der Waals surface area contributed by atoms with Crippen LogP contribution in [0, 0.1) is 40.4 Å². The van der Waals surface area contributed by atoms with Crippen molar-refractivity contribution in [2.75, 3.05) is 5.32 Å². The van der Waals surface area contributed by atoms with E-state index in [4.69, 9.17) is 5.26 Å². The van der Waals surface area contributed by atoms with E-state index in [2.05, 4.69) is 21.2 Å². The van der Waals surface area contributed by atoms with Crippen molar-refractivity contribution < 1.29 is 22.0 Å². The minimum Gasteiger partial charge on any atom is -0.349 e. The Balaban J connectivity index is 2.61. The molecule has 0 heterocycles. The molecule has 0 aliphatic carbocycles. The topological polar surface area (TPSA) is 35.8 Å². The molecular formula is C13H4BrF5N2. The van der Waals surface area contributed by atoms with Crippen molar-refractivity contribution >= 4 is 27.3 Å². The van der Waals surface area contributed by atoms with Gasteiger partial charge in [0, 0.05) is 4.47 Å². The molecule has 0 bridgehead atoms. The van der Waals surface area contributed by atoms with Crippen molar-refractivity contribution in [1.82, 2.24) is 0 Å². The van der Waals surface area contributed by atoms with E-state index in [1.165, 1.54) is 18.2 Å². The van der Waals surface area contributed by atoms with Gasteiger partial charge < -0.3 is 5.32 Å². The van der Waals surface area contributed by atoms with Crippen LogP contribution in [0.15, 0.2) is 22.7 Å². The summed E-state index contributed by atoms with van der Waals surface area (Å²) >= 11 is 3.07. The van der Waals surface area contributed by atoms with Gasteiger partial charge in [-0.05, 0) is 18.2 Å². The van der Waals surface area contributed by atoms with Gasteiger partial charge in [0.2, 0.25) is 5.82 Å². The molecule has 0 aromatic heterocycles. The summed E-state index contributed by atoms with van der Waals surface area (Å²) in [6, 6.07) is 5.81. The predicted molar refractivity (Wildman–Crippen MR) is 68.4 cm³/mol. The first-order chi connectivity index (χ1) is 9.86. The molecule has 0 amide bonds. The van der Waals surface area contributed by atoms with Gasteiger partial charge in [-0.2, -0.15) is 5.26 Å². The zero-order chi connectivity index (χ0) is 15.7. The highest BCUT2D eigenvalue weighted by atomic mass is 79.9. The Morgan fingerprint density at radius 3 is 1.95 bits per heavy atom. The second kappa shape index (κ2) is 5.69. The van der Waals surface area contributed by atoms with Crippen LogP contribution in [0.1, 0.15) is 5.56 Å². The van der Waals surface area contributed by atoms with Gasteiger partial charge >= 0.3 is 0 Å². The van der Waals surface area contributed by atoms with Gasteiger partial charge in [-0.15, -0.1) is 0 Å². The number of anilines is 2. The summed E-state index contributed by atoms with van der Waals surface area (Å²) < 4.78 is 66.7. The first-order valence-electron chi connectivity index (χ1n) is 5.35. The van der Waals surface area contributed by atoms with E-state index in [0.29, 0.717) is 4.47 Å².